The van der Waals surface area contributed by atoms with Crippen LogP contribution >= 0.6 is 11.6 Å². The van der Waals surface area contributed by atoms with Gasteiger partial charge < -0.3 is 29.5 Å². The molecule has 33 heavy (non-hydrogen) atoms. The van der Waals surface area contributed by atoms with Crippen LogP contribution in [-0.2, 0) is 62.5 Å². The Morgan fingerprint density at radius 3 is 1.52 bits per heavy atom. The zero-order chi connectivity index (χ0) is 26.2. The molecule has 3 N–H and O–H groups in total. The molecule has 0 amide bonds. The van der Waals surface area contributed by atoms with Gasteiger partial charge in [-0.15, -0.1) is 9.78 Å². The topological polar surface area (TPSA) is 228 Å². The normalized spacial score (nSPS) is 17.1. The van der Waals surface area contributed by atoms with Crippen LogP contribution < -0.4 is 0 Å². The van der Waals surface area contributed by atoms with Gasteiger partial charge in [-0.3, -0.25) is 29.0 Å². The van der Waals surface area contributed by atoms with E-state index in [1.807, 2.05) is 0 Å². The standard InChI is InChI=1S/C16H21ClO16/c1-7(19)27-14(26,12(24)6-18)16(29-9(3)21,33-31-11(5)23)15(13(17)25,28-8(2)20)32-30-10(4)22/h12,18,24,26H,6H2,1-5H3/t12-,14+,15+,16+/m1/s1. The second kappa shape index (κ2) is 11.8. The Balaban J connectivity index is 7.73. The third kappa shape index (κ3) is 6.80. The molecule has 0 saturated heterocycles. The fraction of sp³-hybridized carbons (Fsp3) is 0.625. The number of aliphatic hydroxyl groups excluding tert-OH is 2. The van der Waals surface area contributed by atoms with Crippen LogP contribution in [0.5, 0.6) is 0 Å². The molecule has 0 aliphatic carbocycles. The minimum atomic E-state index is -4.15. The van der Waals surface area contributed by atoms with Gasteiger partial charge in [0.05, 0.1) is 6.61 Å². The Morgan fingerprint density at radius 2 is 1.18 bits per heavy atom. The first-order valence-corrected chi connectivity index (χ1v) is 8.91. The lowest BCUT2D eigenvalue weighted by Crippen LogP contribution is -2.79. The van der Waals surface area contributed by atoms with Crippen LogP contribution in [0.15, 0.2) is 0 Å². The molecule has 0 aromatic carbocycles. The second-order valence-electron chi connectivity index (χ2n) is 6.00. The van der Waals surface area contributed by atoms with Crippen molar-refractivity contribution < 1.29 is 77.8 Å². The Morgan fingerprint density at radius 1 is 0.758 bits per heavy atom. The van der Waals surface area contributed by atoms with Gasteiger partial charge in [0.2, 0.25) is 0 Å². The van der Waals surface area contributed by atoms with Gasteiger partial charge in [-0.25, -0.2) is 9.59 Å². The van der Waals surface area contributed by atoms with E-state index in [0.29, 0.717) is 34.6 Å². The van der Waals surface area contributed by atoms with Gasteiger partial charge >= 0.3 is 52.5 Å². The summed E-state index contributed by atoms with van der Waals surface area (Å²) in [4.78, 5) is 88.1. The lowest BCUT2D eigenvalue weighted by atomic mass is 9.91. The van der Waals surface area contributed by atoms with Crippen molar-refractivity contribution in [3.63, 3.8) is 0 Å². The van der Waals surface area contributed by atoms with E-state index in [4.69, 9.17) is 16.3 Å². The molecule has 0 rings (SSSR count). The molecule has 0 spiro atoms. The predicted octanol–water partition coefficient (Wildman–Crippen LogP) is -2.14. The van der Waals surface area contributed by atoms with Crippen LogP contribution in [0.4, 0.5) is 0 Å². The number of halogens is 1. The van der Waals surface area contributed by atoms with Crippen molar-refractivity contribution in [2.24, 2.45) is 0 Å². The van der Waals surface area contributed by atoms with Gasteiger partial charge in [0.25, 0.3) is 0 Å². The van der Waals surface area contributed by atoms with Crippen molar-refractivity contribution in [2.75, 3.05) is 6.61 Å². The van der Waals surface area contributed by atoms with Gasteiger partial charge in [-0.05, 0) is 11.6 Å². The van der Waals surface area contributed by atoms with Crippen molar-refractivity contribution >= 4 is 46.7 Å². The summed E-state index contributed by atoms with van der Waals surface area (Å²) in [6.45, 7) is 1.62. The molecule has 0 aliphatic heterocycles. The van der Waals surface area contributed by atoms with E-state index in [-0.39, 0.29) is 0 Å². The monoisotopic (exact) mass is 504 g/mol. The summed E-state index contributed by atoms with van der Waals surface area (Å²) in [5.41, 5.74) is 0. The van der Waals surface area contributed by atoms with Gasteiger partial charge in [0.1, 0.15) is 6.10 Å². The Hall–Kier alpha value is -2.89. The number of esters is 3. The molecule has 0 aromatic rings. The highest BCUT2D eigenvalue weighted by Gasteiger charge is 2.82. The molecule has 17 heteroatoms. The molecule has 4 atom stereocenters. The van der Waals surface area contributed by atoms with Crippen molar-refractivity contribution in [3.8, 4) is 0 Å². The van der Waals surface area contributed by atoms with E-state index >= 15 is 0 Å². The maximum Gasteiger partial charge on any atom is 0.404 e. The lowest BCUT2D eigenvalue weighted by molar-refractivity contribution is -0.554. The van der Waals surface area contributed by atoms with E-state index in [1.54, 1.807) is 0 Å². The molecule has 0 radical (unpaired) electrons. The van der Waals surface area contributed by atoms with Gasteiger partial charge in [-0.1, -0.05) is 0 Å². The summed E-state index contributed by atoms with van der Waals surface area (Å²) in [5, 5.41) is 28.6. The van der Waals surface area contributed by atoms with Crippen LogP contribution in [0.25, 0.3) is 0 Å². The van der Waals surface area contributed by atoms with Gasteiger partial charge in [0, 0.05) is 34.6 Å². The van der Waals surface area contributed by atoms with Crippen LogP contribution in [0.1, 0.15) is 34.6 Å². The first kappa shape index (κ1) is 30.1. The molecule has 0 aliphatic rings. The average molecular weight is 505 g/mol. The fourth-order valence-electron chi connectivity index (χ4n) is 2.19. The van der Waals surface area contributed by atoms with E-state index in [2.05, 4.69) is 29.0 Å². The largest absolute Gasteiger partial charge is 0.423 e. The number of aliphatic hydroxyl groups is 3. The molecular formula is C16H21ClO16. The third-order valence-electron chi connectivity index (χ3n) is 3.22. The molecule has 0 heterocycles. The average Bonchev–Trinajstić information content (AvgIpc) is 2.65. The lowest BCUT2D eigenvalue weighted by Gasteiger charge is -2.48. The zero-order valence-electron chi connectivity index (χ0n) is 17.8. The van der Waals surface area contributed by atoms with Crippen LogP contribution in [0.3, 0.4) is 0 Å². The molecule has 0 aromatic heterocycles. The first-order chi connectivity index (χ1) is 15.0. The Labute approximate surface area is 190 Å². The van der Waals surface area contributed by atoms with E-state index in [1.165, 1.54) is 0 Å². The van der Waals surface area contributed by atoms with Gasteiger partial charge in [0.15, 0.2) is 0 Å². The smallest absolute Gasteiger partial charge is 0.404 e. The summed E-state index contributed by atoms with van der Waals surface area (Å²) in [7, 11) is 0. The summed E-state index contributed by atoms with van der Waals surface area (Å²) < 4.78 is 13.8. The second-order valence-corrected chi connectivity index (χ2v) is 6.34. The number of ether oxygens (including phenoxy) is 3. The molecule has 16 nitrogen and oxygen atoms in total. The van der Waals surface area contributed by atoms with Crippen LogP contribution in [0, 0.1) is 0 Å². The molecule has 188 valence electrons. The van der Waals surface area contributed by atoms with Crippen molar-refractivity contribution in [2.45, 2.75) is 58.1 Å². The summed E-state index contributed by atoms with van der Waals surface area (Å²) in [6, 6.07) is 0. The maximum absolute atomic E-state index is 12.5. The molecule has 0 saturated carbocycles. The number of carbonyl (C=O) groups is 6. The maximum atomic E-state index is 12.5. The van der Waals surface area contributed by atoms with E-state index in [0.717, 1.165) is 0 Å². The highest BCUT2D eigenvalue weighted by molar-refractivity contribution is 6.65. The fourth-order valence-corrected chi connectivity index (χ4v) is 2.38. The zero-order valence-corrected chi connectivity index (χ0v) is 18.6. The van der Waals surface area contributed by atoms with E-state index < -0.39 is 65.2 Å². The minimum Gasteiger partial charge on any atom is -0.423 e. The van der Waals surface area contributed by atoms with Gasteiger partial charge in [-0.2, -0.15) is 0 Å². The number of rotatable bonds is 12. The SMILES string of the molecule is CC(=O)OO[C@@](OC(C)=O)(C(=O)Cl)[C@](OOC(C)=O)(OC(C)=O)[C@@](O)(OC(C)=O)[C@H](O)CO. The number of hydrogen-bond acceptors (Lipinski definition) is 16. The molecule has 0 bridgehead atoms. The summed E-state index contributed by atoms with van der Waals surface area (Å²) in [5.74, 6) is -19.6. The van der Waals surface area contributed by atoms with Crippen LogP contribution in [0.2, 0.25) is 0 Å². The first-order valence-electron chi connectivity index (χ1n) is 8.53. The molecule has 0 unspecified atom stereocenters. The number of hydrogen-bond donors (Lipinski definition) is 3. The highest BCUT2D eigenvalue weighted by atomic mass is 35.5. The predicted molar refractivity (Wildman–Crippen MR) is 95.4 cm³/mol. The summed E-state index contributed by atoms with van der Waals surface area (Å²) >= 11 is 5.46. The molecule has 0 fully saturated rings. The number of carbonyl (C=O) groups excluding carboxylic acids is 6. The quantitative estimate of drug-likeness (QED) is 0.0643. The molecular weight excluding hydrogens is 484 g/mol. The third-order valence-corrected chi connectivity index (χ3v) is 3.46. The van der Waals surface area contributed by atoms with Crippen LogP contribution in [-0.4, -0.2) is 80.5 Å². The van der Waals surface area contributed by atoms with Crippen molar-refractivity contribution in [3.05, 3.63) is 0 Å². The highest BCUT2D eigenvalue weighted by Crippen LogP contribution is 2.46. The Kier molecular flexibility index (Phi) is 10.8. The van der Waals surface area contributed by atoms with Crippen molar-refractivity contribution in [1.29, 1.82) is 0 Å². The van der Waals surface area contributed by atoms with Crippen molar-refractivity contribution in [1.82, 2.24) is 0 Å². The minimum absolute atomic E-state index is 0.578. The summed E-state index contributed by atoms with van der Waals surface area (Å²) in [6.07, 6.45) is -2.80. The Bertz CT molecular complexity index is 797. The van der Waals surface area contributed by atoms with E-state index in [9.17, 15) is 44.1 Å².